The summed E-state index contributed by atoms with van der Waals surface area (Å²) in [6.07, 6.45) is 0. The van der Waals surface area contributed by atoms with Crippen molar-refractivity contribution in [3.8, 4) is 0 Å². The third kappa shape index (κ3) is 1.59. The van der Waals surface area contributed by atoms with Crippen LogP contribution < -0.4 is 11.0 Å². The van der Waals surface area contributed by atoms with E-state index in [-0.39, 0.29) is 11.3 Å². The number of carboxylic acid groups (broad SMARTS) is 1. The maximum Gasteiger partial charge on any atom is 0.337 e. The first-order valence-electron chi connectivity index (χ1n) is 3.10. The lowest BCUT2D eigenvalue weighted by molar-refractivity contribution is 0.0698. The van der Waals surface area contributed by atoms with Crippen LogP contribution in [0.25, 0.3) is 0 Å². The third-order valence-corrected chi connectivity index (χ3v) is 3.20. The van der Waals surface area contributed by atoms with Gasteiger partial charge in [0.15, 0.2) is 0 Å². The summed E-state index contributed by atoms with van der Waals surface area (Å²) in [5, 5.41) is 9.35. The molecule has 1 rings (SSSR count). The van der Waals surface area contributed by atoms with Gasteiger partial charge in [-0.05, 0) is 12.1 Å². The zero-order valence-electron chi connectivity index (χ0n) is 6.04. The molecule has 0 radical (unpaired) electrons. The molecular formula is C7H7BrNO2P. The molecule has 1 atom stereocenters. The quantitative estimate of drug-likeness (QED) is 0.580. The molecule has 3 N–H and O–H groups in total. The number of rotatable bonds is 1. The van der Waals surface area contributed by atoms with E-state index >= 15 is 0 Å². The monoisotopic (exact) mass is 247 g/mol. The van der Waals surface area contributed by atoms with Crippen molar-refractivity contribution in [3.63, 3.8) is 0 Å². The maximum absolute atomic E-state index is 10.6. The van der Waals surface area contributed by atoms with E-state index < -0.39 is 5.97 Å². The number of carbonyl (C=O) groups is 1. The van der Waals surface area contributed by atoms with Gasteiger partial charge in [-0.1, -0.05) is 15.9 Å². The van der Waals surface area contributed by atoms with Crippen LogP contribution in [0.15, 0.2) is 16.6 Å². The van der Waals surface area contributed by atoms with Crippen molar-refractivity contribution >= 4 is 42.1 Å². The Morgan fingerprint density at radius 3 is 2.67 bits per heavy atom. The number of nitrogen functional groups attached to an aromatic ring is 1. The molecule has 0 aliphatic carbocycles. The van der Waals surface area contributed by atoms with Gasteiger partial charge in [0.1, 0.15) is 0 Å². The maximum atomic E-state index is 10.6. The van der Waals surface area contributed by atoms with Crippen molar-refractivity contribution in [2.24, 2.45) is 0 Å². The fourth-order valence-electron chi connectivity index (χ4n) is 0.796. The molecule has 0 saturated carbocycles. The third-order valence-electron chi connectivity index (χ3n) is 1.46. The molecule has 0 fully saturated rings. The Morgan fingerprint density at radius 1 is 1.58 bits per heavy atom. The summed E-state index contributed by atoms with van der Waals surface area (Å²) in [4.78, 5) is 10.6. The Kier molecular flexibility index (Phi) is 2.70. The number of carboxylic acids is 1. The molecular weight excluding hydrogens is 241 g/mol. The first-order chi connectivity index (χ1) is 5.54. The Bertz CT molecular complexity index is 340. The standard InChI is InChI=1S/C7H7BrNO2P/c8-4-2-1-3(7(10)11)5(9)6(4)12/h1-2H,9,12H2,(H,10,11). The van der Waals surface area contributed by atoms with E-state index in [2.05, 4.69) is 25.2 Å². The van der Waals surface area contributed by atoms with Gasteiger partial charge in [-0.15, -0.1) is 9.24 Å². The Hall–Kier alpha value is -0.600. The minimum absolute atomic E-state index is 0.128. The summed E-state index contributed by atoms with van der Waals surface area (Å²) in [5.74, 6) is -1.01. The Morgan fingerprint density at radius 2 is 2.17 bits per heavy atom. The number of anilines is 1. The summed E-state index contributed by atoms with van der Waals surface area (Å²) in [6, 6.07) is 3.12. The molecule has 0 aromatic heterocycles. The topological polar surface area (TPSA) is 63.3 Å². The lowest BCUT2D eigenvalue weighted by Crippen LogP contribution is -2.10. The Labute approximate surface area is 80.3 Å². The van der Waals surface area contributed by atoms with Crippen LogP contribution in [0.3, 0.4) is 0 Å². The van der Waals surface area contributed by atoms with Gasteiger partial charge in [0.05, 0.1) is 11.3 Å². The van der Waals surface area contributed by atoms with Gasteiger partial charge >= 0.3 is 5.97 Å². The molecule has 3 nitrogen and oxygen atoms in total. The second-order valence-electron chi connectivity index (χ2n) is 2.23. The van der Waals surface area contributed by atoms with Gasteiger partial charge in [0.25, 0.3) is 0 Å². The molecule has 0 heterocycles. The highest BCUT2D eigenvalue weighted by Gasteiger charge is 2.10. The lowest BCUT2D eigenvalue weighted by Gasteiger charge is -2.05. The van der Waals surface area contributed by atoms with Crippen molar-refractivity contribution < 1.29 is 9.90 Å². The average molecular weight is 248 g/mol. The summed E-state index contributed by atoms with van der Waals surface area (Å²) < 4.78 is 0.787. The SMILES string of the molecule is Nc1c(C(=O)O)ccc(Br)c1P. The van der Waals surface area contributed by atoms with E-state index in [0.29, 0.717) is 5.30 Å². The molecule has 0 aliphatic rings. The first-order valence-corrected chi connectivity index (χ1v) is 4.48. The number of benzene rings is 1. The molecule has 12 heavy (non-hydrogen) atoms. The average Bonchev–Trinajstić information content (AvgIpc) is 2.00. The van der Waals surface area contributed by atoms with Crippen LogP contribution in [0.2, 0.25) is 0 Å². The van der Waals surface area contributed by atoms with Crippen LogP contribution in [-0.2, 0) is 0 Å². The number of aromatic carboxylic acids is 1. The highest BCUT2D eigenvalue weighted by atomic mass is 79.9. The van der Waals surface area contributed by atoms with Gasteiger partial charge < -0.3 is 10.8 Å². The number of halogens is 1. The van der Waals surface area contributed by atoms with Crippen molar-refractivity contribution in [2.75, 3.05) is 5.73 Å². The van der Waals surface area contributed by atoms with Crippen LogP contribution in [0.5, 0.6) is 0 Å². The summed E-state index contributed by atoms with van der Waals surface area (Å²) in [7, 11) is 2.39. The number of hydrogen-bond acceptors (Lipinski definition) is 2. The largest absolute Gasteiger partial charge is 0.478 e. The highest BCUT2D eigenvalue weighted by molar-refractivity contribution is 9.10. The molecule has 5 heteroatoms. The normalized spacial score (nSPS) is 9.83. The fraction of sp³-hybridized carbons (Fsp3) is 0. The molecule has 0 aliphatic heterocycles. The zero-order valence-corrected chi connectivity index (χ0v) is 8.78. The molecule has 1 aromatic rings. The summed E-state index contributed by atoms with van der Waals surface area (Å²) in [6.45, 7) is 0. The minimum atomic E-state index is -1.01. The van der Waals surface area contributed by atoms with Crippen molar-refractivity contribution in [2.45, 2.75) is 0 Å². The summed E-state index contributed by atoms with van der Waals surface area (Å²) in [5.41, 5.74) is 5.96. The van der Waals surface area contributed by atoms with Gasteiger partial charge in [-0.2, -0.15) is 0 Å². The molecule has 0 amide bonds. The Balaban J connectivity index is 3.36. The van der Waals surface area contributed by atoms with Crippen LogP contribution >= 0.6 is 25.2 Å². The molecule has 1 aromatic carbocycles. The van der Waals surface area contributed by atoms with Crippen LogP contribution in [0, 0.1) is 0 Å². The number of hydrogen-bond donors (Lipinski definition) is 2. The van der Waals surface area contributed by atoms with Crippen molar-refractivity contribution in [1.29, 1.82) is 0 Å². The van der Waals surface area contributed by atoms with Gasteiger partial charge in [0.2, 0.25) is 0 Å². The molecule has 0 saturated heterocycles. The van der Waals surface area contributed by atoms with Gasteiger partial charge in [-0.25, -0.2) is 4.79 Å². The molecule has 0 spiro atoms. The fourth-order valence-corrected chi connectivity index (χ4v) is 1.39. The van der Waals surface area contributed by atoms with Crippen LogP contribution in [-0.4, -0.2) is 11.1 Å². The molecule has 64 valence electrons. The highest BCUT2D eigenvalue weighted by Crippen LogP contribution is 2.18. The van der Waals surface area contributed by atoms with E-state index in [1.165, 1.54) is 6.07 Å². The number of nitrogens with two attached hydrogens (primary N) is 1. The zero-order chi connectivity index (χ0) is 9.30. The van der Waals surface area contributed by atoms with Gasteiger partial charge in [-0.3, -0.25) is 0 Å². The van der Waals surface area contributed by atoms with Crippen molar-refractivity contribution in [3.05, 3.63) is 22.2 Å². The van der Waals surface area contributed by atoms with Crippen LogP contribution in [0.4, 0.5) is 5.69 Å². The smallest absolute Gasteiger partial charge is 0.337 e. The predicted octanol–water partition coefficient (Wildman–Crippen LogP) is 1.23. The minimum Gasteiger partial charge on any atom is -0.478 e. The molecule has 0 bridgehead atoms. The van der Waals surface area contributed by atoms with E-state index in [9.17, 15) is 4.79 Å². The predicted molar refractivity (Wildman–Crippen MR) is 54.9 cm³/mol. The molecule has 1 unspecified atom stereocenters. The van der Waals surface area contributed by atoms with Crippen LogP contribution in [0.1, 0.15) is 10.4 Å². The van der Waals surface area contributed by atoms with E-state index in [1.54, 1.807) is 6.07 Å². The second-order valence-corrected chi connectivity index (χ2v) is 3.66. The summed E-state index contributed by atoms with van der Waals surface area (Å²) >= 11 is 3.24. The first kappa shape index (κ1) is 9.49. The van der Waals surface area contributed by atoms with Gasteiger partial charge in [0, 0.05) is 9.78 Å². The van der Waals surface area contributed by atoms with Crippen molar-refractivity contribution in [1.82, 2.24) is 0 Å². The van der Waals surface area contributed by atoms with E-state index in [1.807, 2.05) is 0 Å². The lowest BCUT2D eigenvalue weighted by atomic mass is 10.2. The van der Waals surface area contributed by atoms with E-state index in [0.717, 1.165) is 4.47 Å². The second kappa shape index (κ2) is 3.42. The van der Waals surface area contributed by atoms with E-state index in [4.69, 9.17) is 10.8 Å².